The van der Waals surface area contributed by atoms with Crippen LogP contribution in [0.2, 0.25) is 0 Å². The number of hydrogen-bond donors (Lipinski definition) is 2. The van der Waals surface area contributed by atoms with Crippen molar-refractivity contribution < 1.29 is 23.2 Å². The fourth-order valence-corrected chi connectivity index (χ4v) is 2.39. The Morgan fingerprint density at radius 3 is 2.33 bits per heavy atom. The van der Waals surface area contributed by atoms with Crippen LogP contribution < -0.4 is 4.90 Å². The Balaban J connectivity index is 2.09. The number of alkyl halides is 3. The maximum Gasteiger partial charge on any atom is 0.416 e. The molecular weight excluding hydrogens is 243 g/mol. The number of benzene rings is 1. The summed E-state index contributed by atoms with van der Waals surface area (Å²) in [5.74, 6) is -0.247. The first-order chi connectivity index (χ1) is 8.47. The largest absolute Gasteiger partial charge is 0.507 e. The molecule has 0 aromatic heterocycles. The van der Waals surface area contributed by atoms with Crippen molar-refractivity contribution in [3.63, 3.8) is 0 Å². The summed E-state index contributed by atoms with van der Waals surface area (Å²) in [6.07, 6.45) is -0.871. The van der Waals surface area contributed by atoms with E-state index >= 15 is 0 Å². The zero-order chi connectivity index (χ0) is 13.2. The Hall–Kier alpha value is -1.23. The zero-order valence-corrected chi connectivity index (χ0v) is 10.1. The summed E-state index contributed by atoms with van der Waals surface area (Å²) in [6.45, 7) is 2.66. The van der Waals surface area contributed by atoms with Crippen molar-refractivity contribution >= 4 is 0 Å². The summed E-state index contributed by atoms with van der Waals surface area (Å²) in [7, 11) is 0. The molecule has 2 rings (SSSR count). The molecule has 100 valence electrons. The van der Waals surface area contributed by atoms with Crippen LogP contribution in [0.15, 0.2) is 18.2 Å². The van der Waals surface area contributed by atoms with E-state index in [0.717, 1.165) is 38.1 Å². The summed E-state index contributed by atoms with van der Waals surface area (Å²) in [4.78, 5) is 1.33. The number of hydrogen-bond acceptors (Lipinski definition) is 1. The van der Waals surface area contributed by atoms with Gasteiger partial charge in [0.15, 0.2) is 0 Å². The second-order valence-electron chi connectivity index (χ2n) is 4.83. The van der Waals surface area contributed by atoms with Crippen molar-refractivity contribution in [1.29, 1.82) is 0 Å². The molecule has 1 aliphatic heterocycles. The van der Waals surface area contributed by atoms with Gasteiger partial charge in [-0.3, -0.25) is 0 Å². The van der Waals surface area contributed by atoms with Crippen LogP contribution >= 0.6 is 0 Å². The van der Waals surface area contributed by atoms with Gasteiger partial charge in [-0.15, -0.1) is 0 Å². The molecular formula is C13H17F3NO+. The smallest absolute Gasteiger partial charge is 0.416 e. The number of halogens is 3. The van der Waals surface area contributed by atoms with E-state index in [1.165, 1.54) is 17.4 Å². The van der Waals surface area contributed by atoms with Gasteiger partial charge in [-0.25, -0.2) is 0 Å². The van der Waals surface area contributed by atoms with Crippen LogP contribution in [0.5, 0.6) is 5.75 Å². The Bertz CT molecular complexity index is 411. The van der Waals surface area contributed by atoms with E-state index in [9.17, 15) is 18.3 Å². The minimum atomic E-state index is -4.39. The van der Waals surface area contributed by atoms with Gasteiger partial charge in [-0.2, -0.15) is 13.2 Å². The summed E-state index contributed by atoms with van der Waals surface area (Å²) >= 11 is 0. The Kier molecular flexibility index (Phi) is 3.80. The molecule has 18 heavy (non-hydrogen) atoms. The number of phenols is 1. The molecule has 0 unspecified atom stereocenters. The van der Waals surface area contributed by atoms with Gasteiger partial charge in [0.2, 0.25) is 0 Å². The summed E-state index contributed by atoms with van der Waals surface area (Å²) < 4.78 is 37.3. The normalized spacial score (nSPS) is 17.9. The van der Waals surface area contributed by atoms with Gasteiger partial charge >= 0.3 is 6.18 Å². The Labute approximate surface area is 104 Å². The SMILES string of the molecule is Oc1cc(C(F)(F)F)ccc1C[NH+]1CCCCC1. The van der Waals surface area contributed by atoms with Crippen LogP contribution in [0.3, 0.4) is 0 Å². The molecule has 1 saturated heterocycles. The van der Waals surface area contributed by atoms with Crippen LogP contribution in [0.4, 0.5) is 13.2 Å². The summed E-state index contributed by atoms with van der Waals surface area (Å²) in [5, 5.41) is 9.67. The molecule has 0 atom stereocenters. The third-order valence-corrected chi connectivity index (χ3v) is 3.41. The number of likely N-dealkylation sites (tertiary alicyclic amines) is 1. The average Bonchev–Trinajstić information content (AvgIpc) is 2.32. The van der Waals surface area contributed by atoms with Gasteiger partial charge in [0.05, 0.1) is 18.7 Å². The highest BCUT2D eigenvalue weighted by atomic mass is 19.4. The number of piperidine rings is 1. The van der Waals surface area contributed by atoms with E-state index in [0.29, 0.717) is 12.1 Å². The molecule has 0 spiro atoms. The number of aromatic hydroxyl groups is 1. The fourth-order valence-electron chi connectivity index (χ4n) is 2.39. The maximum absolute atomic E-state index is 12.4. The Morgan fingerprint density at radius 2 is 1.78 bits per heavy atom. The minimum absolute atomic E-state index is 0.247. The van der Waals surface area contributed by atoms with Crippen LogP contribution in [-0.2, 0) is 12.7 Å². The zero-order valence-electron chi connectivity index (χ0n) is 10.1. The predicted octanol–water partition coefficient (Wildman–Crippen LogP) is 1.98. The molecule has 0 bridgehead atoms. The number of phenolic OH excluding ortho intramolecular Hbond substituents is 1. The molecule has 2 nitrogen and oxygen atoms in total. The topological polar surface area (TPSA) is 24.7 Å². The van der Waals surface area contributed by atoms with Crippen molar-refractivity contribution in [1.82, 2.24) is 0 Å². The highest BCUT2D eigenvalue weighted by Gasteiger charge is 2.31. The van der Waals surface area contributed by atoms with Crippen molar-refractivity contribution in [3.05, 3.63) is 29.3 Å². The van der Waals surface area contributed by atoms with Gasteiger partial charge in [0, 0.05) is 5.56 Å². The van der Waals surface area contributed by atoms with Crippen molar-refractivity contribution in [2.75, 3.05) is 13.1 Å². The van der Waals surface area contributed by atoms with Crippen molar-refractivity contribution in [2.45, 2.75) is 32.0 Å². The lowest BCUT2D eigenvalue weighted by atomic mass is 10.1. The first-order valence-corrected chi connectivity index (χ1v) is 6.19. The lowest BCUT2D eigenvalue weighted by Gasteiger charge is -2.24. The van der Waals surface area contributed by atoms with Gasteiger partial charge < -0.3 is 10.0 Å². The average molecular weight is 260 g/mol. The van der Waals surface area contributed by atoms with E-state index in [1.54, 1.807) is 0 Å². The monoisotopic (exact) mass is 260 g/mol. The Morgan fingerprint density at radius 1 is 1.11 bits per heavy atom. The van der Waals surface area contributed by atoms with E-state index in [2.05, 4.69) is 0 Å². The molecule has 0 radical (unpaired) electrons. The van der Waals surface area contributed by atoms with Crippen molar-refractivity contribution in [2.24, 2.45) is 0 Å². The molecule has 1 aromatic rings. The molecule has 5 heteroatoms. The standard InChI is InChI=1S/C13H16F3NO/c14-13(15,16)11-5-4-10(12(18)8-11)9-17-6-2-1-3-7-17/h4-5,8,18H,1-3,6-7,9H2/p+1. The number of nitrogens with one attached hydrogen (secondary N) is 1. The summed E-state index contributed by atoms with van der Waals surface area (Å²) in [5.41, 5.74) is -0.197. The molecule has 1 heterocycles. The molecule has 0 amide bonds. The van der Waals surface area contributed by atoms with Gasteiger partial charge in [0.25, 0.3) is 0 Å². The highest BCUT2D eigenvalue weighted by molar-refractivity contribution is 5.37. The second kappa shape index (κ2) is 5.18. The predicted molar refractivity (Wildman–Crippen MR) is 61.4 cm³/mol. The third kappa shape index (κ3) is 3.16. The quantitative estimate of drug-likeness (QED) is 0.835. The minimum Gasteiger partial charge on any atom is -0.507 e. The fraction of sp³-hybridized carbons (Fsp3) is 0.538. The molecule has 0 saturated carbocycles. The van der Waals surface area contributed by atoms with Crippen LogP contribution in [0.1, 0.15) is 30.4 Å². The molecule has 1 fully saturated rings. The highest BCUT2D eigenvalue weighted by Crippen LogP contribution is 2.32. The van der Waals surface area contributed by atoms with Crippen LogP contribution in [0, 0.1) is 0 Å². The van der Waals surface area contributed by atoms with E-state index in [1.807, 2.05) is 0 Å². The molecule has 0 aliphatic carbocycles. The van der Waals surface area contributed by atoms with Gasteiger partial charge in [0.1, 0.15) is 12.3 Å². The van der Waals surface area contributed by atoms with Crippen LogP contribution in [0.25, 0.3) is 0 Å². The van der Waals surface area contributed by atoms with E-state index in [-0.39, 0.29) is 5.75 Å². The molecule has 1 aliphatic rings. The molecule has 2 N–H and O–H groups in total. The van der Waals surface area contributed by atoms with E-state index < -0.39 is 11.7 Å². The first-order valence-electron chi connectivity index (χ1n) is 6.19. The first kappa shape index (κ1) is 13.2. The van der Waals surface area contributed by atoms with Crippen molar-refractivity contribution in [3.8, 4) is 5.75 Å². The lowest BCUT2D eigenvalue weighted by Crippen LogP contribution is -3.11. The van der Waals surface area contributed by atoms with Gasteiger partial charge in [-0.05, 0) is 37.5 Å². The second-order valence-corrected chi connectivity index (χ2v) is 4.83. The maximum atomic E-state index is 12.4. The summed E-state index contributed by atoms with van der Waals surface area (Å²) in [6, 6.07) is 3.25. The lowest BCUT2D eigenvalue weighted by molar-refractivity contribution is -0.918. The van der Waals surface area contributed by atoms with E-state index in [4.69, 9.17) is 0 Å². The molecule has 1 aromatic carbocycles. The van der Waals surface area contributed by atoms with Crippen LogP contribution in [-0.4, -0.2) is 18.2 Å². The van der Waals surface area contributed by atoms with Gasteiger partial charge in [-0.1, -0.05) is 0 Å². The number of quaternary nitrogens is 1. The number of rotatable bonds is 2. The third-order valence-electron chi connectivity index (χ3n) is 3.41.